The molecule has 1 unspecified atom stereocenters. The zero-order valence-corrected chi connectivity index (χ0v) is 13.4. The van der Waals surface area contributed by atoms with E-state index in [4.69, 9.17) is 5.73 Å². The summed E-state index contributed by atoms with van der Waals surface area (Å²) >= 11 is 3.45. The topological polar surface area (TPSA) is 29.3 Å². The van der Waals surface area contributed by atoms with Crippen LogP contribution in [0.3, 0.4) is 0 Å². The Hall–Kier alpha value is -1.32. The normalized spacial score (nSPS) is 12.2. The van der Waals surface area contributed by atoms with Gasteiger partial charge in [-0.3, -0.25) is 0 Å². The second-order valence-corrected chi connectivity index (χ2v) is 5.78. The molecule has 0 fully saturated rings. The van der Waals surface area contributed by atoms with Gasteiger partial charge in [-0.05, 0) is 43.2 Å². The molecule has 0 saturated carbocycles. The third-order valence-electron chi connectivity index (χ3n) is 3.51. The Balaban J connectivity index is 1.94. The summed E-state index contributed by atoms with van der Waals surface area (Å²) in [5.41, 5.74) is 8.74. The molecule has 0 amide bonds. The van der Waals surface area contributed by atoms with Crippen LogP contribution in [0.1, 0.15) is 24.9 Å². The first kappa shape index (κ1) is 15.1. The number of hydrogen-bond acceptors (Lipinski definition) is 2. The molecule has 0 bridgehead atoms. The first-order valence-electron chi connectivity index (χ1n) is 7.01. The van der Waals surface area contributed by atoms with Crippen LogP contribution < -0.4 is 10.6 Å². The Kier molecular flexibility index (Phi) is 5.62. The quantitative estimate of drug-likeness (QED) is 0.851. The van der Waals surface area contributed by atoms with Gasteiger partial charge in [-0.1, -0.05) is 46.3 Å². The minimum atomic E-state index is 0.0841. The highest BCUT2D eigenvalue weighted by molar-refractivity contribution is 9.10. The van der Waals surface area contributed by atoms with Crippen LogP contribution in [0.4, 0.5) is 5.69 Å². The number of rotatable bonds is 6. The predicted octanol–water partition coefficient (Wildman–Crippen LogP) is 4.37. The van der Waals surface area contributed by atoms with Crippen LogP contribution in [-0.4, -0.2) is 13.1 Å². The number of anilines is 1. The summed E-state index contributed by atoms with van der Waals surface area (Å²) < 4.78 is 1.09. The number of benzene rings is 2. The molecule has 0 aliphatic heterocycles. The van der Waals surface area contributed by atoms with Gasteiger partial charge in [-0.2, -0.15) is 0 Å². The maximum absolute atomic E-state index is 6.28. The molecule has 2 aromatic rings. The Labute approximate surface area is 129 Å². The fourth-order valence-corrected chi connectivity index (χ4v) is 2.54. The third kappa shape index (κ3) is 4.09. The van der Waals surface area contributed by atoms with Gasteiger partial charge in [0.25, 0.3) is 0 Å². The van der Waals surface area contributed by atoms with Crippen molar-refractivity contribution in [3.63, 3.8) is 0 Å². The van der Waals surface area contributed by atoms with Crippen molar-refractivity contribution in [1.29, 1.82) is 0 Å². The van der Waals surface area contributed by atoms with E-state index in [1.54, 1.807) is 0 Å². The zero-order valence-electron chi connectivity index (χ0n) is 11.8. The van der Waals surface area contributed by atoms with Gasteiger partial charge in [0.2, 0.25) is 0 Å². The number of halogens is 1. The molecular weight excluding hydrogens is 312 g/mol. The SMILES string of the molecule is CCN(CCC(N)c1ccc(Br)cc1)c1ccccc1. The van der Waals surface area contributed by atoms with Crippen molar-refractivity contribution in [1.82, 2.24) is 0 Å². The second kappa shape index (κ2) is 7.46. The molecule has 0 aliphatic rings. The van der Waals surface area contributed by atoms with Crippen molar-refractivity contribution in [2.45, 2.75) is 19.4 Å². The molecule has 1 atom stereocenters. The largest absolute Gasteiger partial charge is 0.372 e. The fourth-order valence-electron chi connectivity index (χ4n) is 2.28. The molecule has 0 saturated heterocycles. The Bertz CT molecular complexity index is 510. The van der Waals surface area contributed by atoms with Crippen molar-refractivity contribution in [2.75, 3.05) is 18.0 Å². The predicted molar refractivity (Wildman–Crippen MR) is 90.0 cm³/mol. The third-order valence-corrected chi connectivity index (χ3v) is 4.04. The van der Waals surface area contributed by atoms with Gasteiger partial charge < -0.3 is 10.6 Å². The molecule has 20 heavy (non-hydrogen) atoms. The van der Waals surface area contributed by atoms with Crippen LogP contribution in [0.15, 0.2) is 59.1 Å². The van der Waals surface area contributed by atoms with Crippen LogP contribution in [0.5, 0.6) is 0 Å². The van der Waals surface area contributed by atoms with E-state index in [0.29, 0.717) is 0 Å². The van der Waals surface area contributed by atoms with E-state index >= 15 is 0 Å². The number of nitrogens with two attached hydrogens (primary N) is 1. The standard InChI is InChI=1S/C17H21BrN2/c1-2-20(16-6-4-3-5-7-16)13-12-17(19)14-8-10-15(18)11-9-14/h3-11,17H,2,12-13,19H2,1H3. The Morgan fingerprint density at radius 1 is 1.05 bits per heavy atom. The summed E-state index contributed by atoms with van der Waals surface area (Å²) in [5, 5.41) is 0. The lowest BCUT2D eigenvalue weighted by molar-refractivity contribution is 0.632. The van der Waals surface area contributed by atoms with Crippen molar-refractivity contribution >= 4 is 21.6 Å². The van der Waals surface area contributed by atoms with Gasteiger partial charge in [-0.15, -0.1) is 0 Å². The molecular formula is C17H21BrN2. The van der Waals surface area contributed by atoms with E-state index in [0.717, 1.165) is 24.0 Å². The maximum atomic E-state index is 6.28. The highest BCUT2D eigenvalue weighted by Crippen LogP contribution is 2.20. The van der Waals surface area contributed by atoms with Gasteiger partial charge in [0.05, 0.1) is 0 Å². The van der Waals surface area contributed by atoms with Crippen LogP contribution >= 0.6 is 15.9 Å². The lowest BCUT2D eigenvalue weighted by Gasteiger charge is -2.25. The summed E-state index contributed by atoms with van der Waals surface area (Å²) in [6.07, 6.45) is 0.949. The number of hydrogen-bond donors (Lipinski definition) is 1. The van der Waals surface area contributed by atoms with Gasteiger partial charge in [0, 0.05) is 29.3 Å². The molecule has 0 heterocycles. The molecule has 0 radical (unpaired) electrons. The Morgan fingerprint density at radius 2 is 1.70 bits per heavy atom. The van der Waals surface area contributed by atoms with Crippen LogP contribution in [-0.2, 0) is 0 Å². The summed E-state index contributed by atoms with van der Waals surface area (Å²) in [6, 6.07) is 18.9. The number of nitrogens with zero attached hydrogens (tertiary/aromatic N) is 1. The summed E-state index contributed by atoms with van der Waals surface area (Å²) in [4.78, 5) is 2.36. The van der Waals surface area contributed by atoms with E-state index in [9.17, 15) is 0 Å². The van der Waals surface area contributed by atoms with Crippen molar-refractivity contribution < 1.29 is 0 Å². The molecule has 3 heteroatoms. The van der Waals surface area contributed by atoms with Crippen LogP contribution in [0.2, 0.25) is 0 Å². The minimum absolute atomic E-state index is 0.0841. The average Bonchev–Trinajstić information content (AvgIpc) is 2.49. The minimum Gasteiger partial charge on any atom is -0.372 e. The molecule has 2 rings (SSSR count). The van der Waals surface area contributed by atoms with Gasteiger partial charge >= 0.3 is 0 Å². The summed E-state index contributed by atoms with van der Waals surface area (Å²) in [6.45, 7) is 4.15. The highest BCUT2D eigenvalue weighted by atomic mass is 79.9. The lowest BCUT2D eigenvalue weighted by Crippen LogP contribution is -2.27. The second-order valence-electron chi connectivity index (χ2n) is 4.86. The first-order valence-corrected chi connectivity index (χ1v) is 7.81. The molecule has 0 aromatic heterocycles. The zero-order chi connectivity index (χ0) is 14.4. The van der Waals surface area contributed by atoms with Crippen molar-refractivity contribution in [3.05, 3.63) is 64.6 Å². The molecule has 0 spiro atoms. The highest BCUT2D eigenvalue weighted by Gasteiger charge is 2.09. The Morgan fingerprint density at radius 3 is 2.30 bits per heavy atom. The van der Waals surface area contributed by atoms with Crippen LogP contribution in [0, 0.1) is 0 Å². The van der Waals surface area contributed by atoms with Gasteiger partial charge in [0.1, 0.15) is 0 Å². The molecule has 106 valence electrons. The van der Waals surface area contributed by atoms with Gasteiger partial charge in [0.15, 0.2) is 0 Å². The first-order chi connectivity index (χ1) is 9.70. The van der Waals surface area contributed by atoms with E-state index in [2.05, 4.69) is 64.2 Å². The molecule has 0 aliphatic carbocycles. The van der Waals surface area contributed by atoms with E-state index in [-0.39, 0.29) is 6.04 Å². The smallest absolute Gasteiger partial charge is 0.0366 e. The van der Waals surface area contributed by atoms with E-state index in [1.165, 1.54) is 11.3 Å². The number of para-hydroxylation sites is 1. The molecule has 2 aromatic carbocycles. The van der Waals surface area contributed by atoms with Gasteiger partial charge in [-0.25, -0.2) is 0 Å². The maximum Gasteiger partial charge on any atom is 0.0366 e. The van der Waals surface area contributed by atoms with Crippen molar-refractivity contribution in [2.24, 2.45) is 5.73 Å². The lowest BCUT2D eigenvalue weighted by atomic mass is 10.0. The van der Waals surface area contributed by atoms with Crippen LogP contribution in [0.25, 0.3) is 0 Å². The van der Waals surface area contributed by atoms with E-state index in [1.807, 2.05) is 18.2 Å². The summed E-state index contributed by atoms with van der Waals surface area (Å²) in [7, 11) is 0. The molecule has 2 N–H and O–H groups in total. The average molecular weight is 333 g/mol. The fraction of sp³-hybridized carbons (Fsp3) is 0.294. The van der Waals surface area contributed by atoms with E-state index < -0.39 is 0 Å². The summed E-state index contributed by atoms with van der Waals surface area (Å²) in [5.74, 6) is 0. The molecule has 2 nitrogen and oxygen atoms in total. The van der Waals surface area contributed by atoms with Crippen molar-refractivity contribution in [3.8, 4) is 0 Å². The monoisotopic (exact) mass is 332 g/mol.